The number of thiophene rings is 1. The number of halogens is 3. The maximum Gasteiger partial charge on any atom is 0.416 e. The van der Waals surface area contributed by atoms with Crippen molar-refractivity contribution in [1.82, 2.24) is 0 Å². The normalized spacial score (nSPS) is 13.0. The number of aromatic hydroxyl groups is 1. The van der Waals surface area contributed by atoms with Gasteiger partial charge in [-0.1, -0.05) is 6.07 Å². The van der Waals surface area contributed by atoms with Gasteiger partial charge in [0.15, 0.2) is 0 Å². The predicted octanol–water partition coefficient (Wildman–Crippen LogP) is 3.11. The van der Waals surface area contributed by atoms with Gasteiger partial charge in [0, 0.05) is 4.88 Å². The molecule has 0 bridgehead atoms. The molecule has 0 aliphatic heterocycles. The highest BCUT2D eigenvalue weighted by atomic mass is 32.1. The summed E-state index contributed by atoms with van der Waals surface area (Å²) in [5.41, 5.74) is 4.40. The Labute approximate surface area is 122 Å². The third kappa shape index (κ3) is 3.53. The van der Waals surface area contributed by atoms with E-state index in [1.807, 2.05) is 0 Å². The molecule has 0 saturated carbocycles. The molecule has 2 aromatic rings. The highest BCUT2D eigenvalue weighted by Gasteiger charge is 2.31. The van der Waals surface area contributed by atoms with Crippen LogP contribution in [0.5, 0.6) is 5.75 Å². The predicted molar refractivity (Wildman–Crippen MR) is 73.0 cm³/mol. The Kier molecular flexibility index (Phi) is 4.19. The number of hydrogen-bond donors (Lipinski definition) is 3. The molecule has 1 atom stereocenters. The van der Waals surface area contributed by atoms with Gasteiger partial charge < -0.3 is 16.2 Å². The third-order valence-corrected chi connectivity index (χ3v) is 3.67. The number of carbonyl (C=O) groups excluding carboxylic acids is 1. The molecule has 2 rings (SSSR count). The van der Waals surface area contributed by atoms with Gasteiger partial charge in [0.2, 0.25) is 5.91 Å². The summed E-state index contributed by atoms with van der Waals surface area (Å²) < 4.78 is 37.8. The van der Waals surface area contributed by atoms with Crippen LogP contribution in [-0.4, -0.2) is 11.0 Å². The lowest BCUT2D eigenvalue weighted by molar-refractivity contribution is -0.137. The summed E-state index contributed by atoms with van der Waals surface area (Å²) in [6.07, 6.45) is -4.57. The zero-order valence-corrected chi connectivity index (χ0v) is 11.3. The van der Waals surface area contributed by atoms with Crippen molar-refractivity contribution in [2.75, 3.05) is 5.32 Å². The van der Waals surface area contributed by atoms with Crippen LogP contribution >= 0.6 is 11.3 Å². The number of nitrogens with one attached hydrogen (secondary N) is 1. The van der Waals surface area contributed by atoms with E-state index in [2.05, 4.69) is 5.32 Å². The van der Waals surface area contributed by atoms with E-state index in [1.165, 1.54) is 11.3 Å². The highest BCUT2D eigenvalue weighted by Crippen LogP contribution is 2.34. The van der Waals surface area contributed by atoms with Crippen molar-refractivity contribution in [1.29, 1.82) is 0 Å². The number of phenolic OH excluding ortho intramolecular Hbond substituents is 1. The minimum absolute atomic E-state index is 0.332. The van der Waals surface area contributed by atoms with Gasteiger partial charge >= 0.3 is 6.18 Å². The highest BCUT2D eigenvalue weighted by molar-refractivity contribution is 7.10. The van der Waals surface area contributed by atoms with E-state index in [1.54, 1.807) is 17.5 Å². The molecule has 1 aromatic carbocycles. The Balaban J connectivity index is 2.21. The van der Waals surface area contributed by atoms with Gasteiger partial charge in [-0.25, -0.2) is 0 Å². The molecule has 112 valence electrons. The van der Waals surface area contributed by atoms with Crippen molar-refractivity contribution in [2.24, 2.45) is 5.73 Å². The molecule has 8 heteroatoms. The van der Waals surface area contributed by atoms with E-state index in [9.17, 15) is 23.1 Å². The molecule has 1 unspecified atom stereocenters. The number of hydrogen-bond acceptors (Lipinski definition) is 4. The Morgan fingerprint density at radius 2 is 2.05 bits per heavy atom. The maximum absolute atomic E-state index is 12.6. The molecule has 0 spiro atoms. The van der Waals surface area contributed by atoms with Gasteiger partial charge in [-0.15, -0.1) is 11.3 Å². The van der Waals surface area contributed by atoms with Gasteiger partial charge in [-0.05, 0) is 29.6 Å². The van der Waals surface area contributed by atoms with E-state index >= 15 is 0 Å². The Bertz CT molecular complexity index is 641. The zero-order chi connectivity index (χ0) is 15.6. The second kappa shape index (κ2) is 5.74. The number of benzene rings is 1. The van der Waals surface area contributed by atoms with Crippen LogP contribution in [0, 0.1) is 0 Å². The van der Waals surface area contributed by atoms with Crippen molar-refractivity contribution in [3.63, 3.8) is 0 Å². The molecule has 0 radical (unpaired) electrons. The molecule has 0 fully saturated rings. The van der Waals surface area contributed by atoms with E-state index in [-0.39, 0.29) is 5.69 Å². The van der Waals surface area contributed by atoms with E-state index in [0.717, 1.165) is 12.1 Å². The molecule has 1 heterocycles. The molecule has 4 nitrogen and oxygen atoms in total. The molecule has 0 aliphatic carbocycles. The summed E-state index contributed by atoms with van der Waals surface area (Å²) in [7, 11) is 0. The summed E-state index contributed by atoms with van der Waals surface area (Å²) in [4.78, 5) is 12.5. The fourth-order valence-corrected chi connectivity index (χ4v) is 2.35. The van der Waals surface area contributed by atoms with Gasteiger partial charge in [-0.2, -0.15) is 13.2 Å². The zero-order valence-electron chi connectivity index (χ0n) is 10.5. The maximum atomic E-state index is 12.6. The van der Waals surface area contributed by atoms with Gasteiger partial charge in [0.1, 0.15) is 11.8 Å². The average Bonchev–Trinajstić information content (AvgIpc) is 2.92. The standard InChI is InChI=1S/C13H11F3N2O2S/c14-13(15,16)7-3-4-9(19)8(6-7)18-12(20)11(17)10-2-1-5-21-10/h1-6,11,19H,17H2,(H,18,20). The summed E-state index contributed by atoms with van der Waals surface area (Å²) in [6.45, 7) is 0. The van der Waals surface area contributed by atoms with E-state index in [4.69, 9.17) is 5.73 Å². The van der Waals surface area contributed by atoms with Crippen LogP contribution in [-0.2, 0) is 11.0 Å². The topological polar surface area (TPSA) is 75.4 Å². The fourth-order valence-electron chi connectivity index (χ4n) is 1.62. The van der Waals surface area contributed by atoms with Crippen LogP contribution in [0.2, 0.25) is 0 Å². The largest absolute Gasteiger partial charge is 0.506 e. The molecule has 0 aliphatic rings. The quantitative estimate of drug-likeness (QED) is 0.762. The number of amides is 1. The number of nitrogens with two attached hydrogens (primary N) is 1. The average molecular weight is 316 g/mol. The molecule has 1 amide bonds. The summed E-state index contributed by atoms with van der Waals surface area (Å²) in [6, 6.07) is 4.59. The van der Waals surface area contributed by atoms with Crippen molar-refractivity contribution >= 4 is 22.9 Å². The number of rotatable bonds is 3. The lowest BCUT2D eigenvalue weighted by Crippen LogP contribution is -2.27. The SMILES string of the molecule is NC(C(=O)Nc1cc(C(F)(F)F)ccc1O)c1cccs1. The molecule has 0 saturated heterocycles. The van der Waals surface area contributed by atoms with Gasteiger partial charge in [0.25, 0.3) is 0 Å². The molecular formula is C13H11F3N2O2S. The smallest absolute Gasteiger partial charge is 0.416 e. The lowest BCUT2D eigenvalue weighted by Gasteiger charge is -2.14. The first-order valence-electron chi connectivity index (χ1n) is 5.79. The van der Waals surface area contributed by atoms with Crippen LogP contribution in [0.4, 0.5) is 18.9 Å². The van der Waals surface area contributed by atoms with Crippen LogP contribution in [0.3, 0.4) is 0 Å². The molecule has 1 aromatic heterocycles. The number of carbonyl (C=O) groups is 1. The van der Waals surface area contributed by atoms with Crippen LogP contribution in [0.25, 0.3) is 0 Å². The monoisotopic (exact) mass is 316 g/mol. The third-order valence-electron chi connectivity index (χ3n) is 2.71. The Hall–Kier alpha value is -2.06. The summed E-state index contributed by atoms with van der Waals surface area (Å²) >= 11 is 1.25. The summed E-state index contributed by atoms with van der Waals surface area (Å²) in [5, 5.41) is 13.5. The van der Waals surface area contributed by atoms with Crippen molar-refractivity contribution in [3.05, 3.63) is 46.2 Å². The summed E-state index contributed by atoms with van der Waals surface area (Å²) in [5.74, 6) is -1.16. The Morgan fingerprint density at radius 1 is 1.33 bits per heavy atom. The van der Waals surface area contributed by atoms with Gasteiger partial charge in [-0.3, -0.25) is 4.79 Å². The van der Waals surface area contributed by atoms with Gasteiger partial charge in [0.05, 0.1) is 11.3 Å². The van der Waals surface area contributed by atoms with Crippen LogP contribution in [0.1, 0.15) is 16.5 Å². The van der Waals surface area contributed by atoms with Crippen molar-refractivity contribution in [2.45, 2.75) is 12.2 Å². The first-order valence-corrected chi connectivity index (χ1v) is 6.67. The first-order chi connectivity index (χ1) is 9.79. The van der Waals surface area contributed by atoms with Crippen LogP contribution < -0.4 is 11.1 Å². The van der Waals surface area contributed by atoms with E-state index in [0.29, 0.717) is 10.9 Å². The minimum atomic E-state index is -4.57. The van der Waals surface area contributed by atoms with Crippen molar-refractivity contribution in [3.8, 4) is 5.75 Å². The molecular weight excluding hydrogens is 305 g/mol. The number of anilines is 1. The number of phenols is 1. The van der Waals surface area contributed by atoms with E-state index < -0.39 is 29.4 Å². The molecule has 21 heavy (non-hydrogen) atoms. The van der Waals surface area contributed by atoms with Crippen molar-refractivity contribution < 1.29 is 23.1 Å². The molecule has 4 N–H and O–H groups in total. The second-order valence-electron chi connectivity index (χ2n) is 4.21. The Morgan fingerprint density at radius 3 is 2.62 bits per heavy atom. The first kappa shape index (κ1) is 15.3. The second-order valence-corrected chi connectivity index (χ2v) is 5.19. The minimum Gasteiger partial charge on any atom is -0.506 e. The fraction of sp³-hybridized carbons (Fsp3) is 0.154. The number of alkyl halides is 3. The lowest BCUT2D eigenvalue weighted by atomic mass is 10.1. The van der Waals surface area contributed by atoms with Crippen LogP contribution in [0.15, 0.2) is 35.7 Å².